The number of aryl methyl sites for hydroxylation is 1. The second kappa shape index (κ2) is 12.1. The van der Waals surface area contributed by atoms with Gasteiger partial charge in [-0.2, -0.15) is 0 Å². The van der Waals surface area contributed by atoms with Crippen molar-refractivity contribution in [1.29, 1.82) is 0 Å². The standard InChI is InChI=1S/C28H33N3O3S/c1-20-15-31(16-21(2)34-20)17-24-10-8-23(9-11-24)14-29-28(32)13-12-25-6-4-5-7-27(25)33-18-26-19-35-22(3)30-26/h4-13,19-21H,14-18H2,1-3H3,(H,29,32)/b13-12+. The van der Waals surface area contributed by atoms with Gasteiger partial charge in [-0.1, -0.05) is 42.5 Å². The molecule has 3 aromatic rings. The molecule has 1 saturated heterocycles. The molecule has 0 spiro atoms. The van der Waals surface area contributed by atoms with Crippen molar-refractivity contribution in [2.24, 2.45) is 0 Å². The predicted octanol–water partition coefficient (Wildman–Crippen LogP) is 4.97. The molecule has 2 aromatic carbocycles. The molecule has 35 heavy (non-hydrogen) atoms. The summed E-state index contributed by atoms with van der Waals surface area (Å²) in [6.45, 7) is 9.93. The van der Waals surface area contributed by atoms with Crippen LogP contribution < -0.4 is 10.1 Å². The number of nitrogens with one attached hydrogen (secondary N) is 1. The van der Waals surface area contributed by atoms with E-state index in [1.54, 1.807) is 23.5 Å². The van der Waals surface area contributed by atoms with Crippen LogP contribution >= 0.6 is 11.3 Å². The van der Waals surface area contributed by atoms with E-state index in [2.05, 4.69) is 53.3 Å². The number of nitrogens with zero attached hydrogens (tertiary/aromatic N) is 2. The first-order valence-electron chi connectivity index (χ1n) is 12.0. The van der Waals surface area contributed by atoms with Gasteiger partial charge in [-0.3, -0.25) is 9.69 Å². The van der Waals surface area contributed by atoms with Crippen molar-refractivity contribution in [2.75, 3.05) is 13.1 Å². The van der Waals surface area contributed by atoms with Crippen LogP contribution in [0.1, 0.15) is 41.2 Å². The Morgan fingerprint density at radius 2 is 1.86 bits per heavy atom. The summed E-state index contributed by atoms with van der Waals surface area (Å²) in [7, 11) is 0. The Labute approximate surface area is 211 Å². The summed E-state index contributed by atoms with van der Waals surface area (Å²) in [4.78, 5) is 19.3. The molecule has 0 bridgehead atoms. The first kappa shape index (κ1) is 25.1. The fraction of sp³-hybridized carbons (Fsp3) is 0.357. The number of ether oxygens (including phenoxy) is 2. The summed E-state index contributed by atoms with van der Waals surface area (Å²) in [5.41, 5.74) is 4.10. The quantitative estimate of drug-likeness (QED) is 0.428. The number of morpholine rings is 1. The molecule has 0 aliphatic carbocycles. The molecule has 0 radical (unpaired) electrons. The minimum Gasteiger partial charge on any atom is -0.487 e. The van der Waals surface area contributed by atoms with Gasteiger partial charge in [0.05, 0.1) is 22.9 Å². The van der Waals surface area contributed by atoms with Gasteiger partial charge in [0, 0.05) is 43.2 Å². The Bertz CT molecular complexity index is 1130. The lowest BCUT2D eigenvalue weighted by Gasteiger charge is -2.35. The average molecular weight is 492 g/mol. The van der Waals surface area contributed by atoms with Crippen LogP contribution in [-0.2, 0) is 29.2 Å². The third kappa shape index (κ3) is 7.75. The van der Waals surface area contributed by atoms with Crippen LogP contribution in [0.3, 0.4) is 0 Å². The third-order valence-corrected chi connectivity index (χ3v) is 6.59. The first-order valence-corrected chi connectivity index (χ1v) is 12.9. The van der Waals surface area contributed by atoms with E-state index in [9.17, 15) is 4.79 Å². The molecule has 2 unspecified atom stereocenters. The Morgan fingerprint density at radius 1 is 1.14 bits per heavy atom. The molecule has 1 N–H and O–H groups in total. The maximum absolute atomic E-state index is 12.4. The minimum atomic E-state index is -0.143. The molecular formula is C28H33N3O3S. The van der Waals surface area contributed by atoms with Gasteiger partial charge in [-0.25, -0.2) is 4.98 Å². The maximum atomic E-state index is 12.4. The van der Waals surface area contributed by atoms with Crippen LogP contribution in [0, 0.1) is 6.92 Å². The number of para-hydroxylation sites is 1. The van der Waals surface area contributed by atoms with Gasteiger partial charge in [-0.05, 0) is 44.0 Å². The number of rotatable bonds is 9. The molecule has 7 heteroatoms. The minimum absolute atomic E-state index is 0.143. The van der Waals surface area contributed by atoms with E-state index in [1.807, 2.05) is 36.6 Å². The van der Waals surface area contributed by atoms with Crippen LogP contribution in [0.2, 0.25) is 0 Å². The number of aromatic nitrogens is 1. The van der Waals surface area contributed by atoms with Crippen LogP contribution in [0.25, 0.3) is 6.08 Å². The summed E-state index contributed by atoms with van der Waals surface area (Å²) in [6, 6.07) is 16.1. The van der Waals surface area contributed by atoms with Gasteiger partial charge in [0.25, 0.3) is 0 Å². The molecule has 184 valence electrons. The van der Waals surface area contributed by atoms with Gasteiger partial charge in [0.2, 0.25) is 5.91 Å². The van der Waals surface area contributed by atoms with Crippen LogP contribution in [0.4, 0.5) is 0 Å². The Hall–Kier alpha value is -3.00. The molecule has 2 atom stereocenters. The van der Waals surface area contributed by atoms with Crippen molar-refractivity contribution in [3.8, 4) is 5.75 Å². The number of carbonyl (C=O) groups excluding carboxylic acids is 1. The van der Waals surface area contributed by atoms with Crippen molar-refractivity contribution in [2.45, 2.75) is 52.7 Å². The Kier molecular flexibility index (Phi) is 8.69. The molecule has 1 amide bonds. The number of hydrogen-bond acceptors (Lipinski definition) is 6. The van der Waals surface area contributed by atoms with Gasteiger partial charge >= 0.3 is 0 Å². The van der Waals surface area contributed by atoms with Crippen molar-refractivity contribution < 1.29 is 14.3 Å². The van der Waals surface area contributed by atoms with Gasteiger partial charge < -0.3 is 14.8 Å². The number of benzene rings is 2. The molecule has 0 saturated carbocycles. The zero-order chi connectivity index (χ0) is 24.6. The maximum Gasteiger partial charge on any atom is 0.244 e. The lowest BCUT2D eigenvalue weighted by molar-refractivity contribution is -0.116. The van der Waals surface area contributed by atoms with E-state index < -0.39 is 0 Å². The summed E-state index contributed by atoms with van der Waals surface area (Å²) < 4.78 is 11.7. The van der Waals surface area contributed by atoms with Crippen molar-refractivity contribution in [3.05, 3.63) is 87.4 Å². The van der Waals surface area contributed by atoms with E-state index in [4.69, 9.17) is 9.47 Å². The number of carbonyl (C=O) groups is 1. The smallest absolute Gasteiger partial charge is 0.244 e. The molecule has 2 heterocycles. The van der Waals surface area contributed by atoms with Gasteiger partial charge in [0.1, 0.15) is 12.4 Å². The van der Waals surface area contributed by atoms with Crippen molar-refractivity contribution in [3.63, 3.8) is 0 Å². The molecule has 1 aliphatic rings. The number of hydrogen-bond donors (Lipinski definition) is 1. The van der Waals surface area contributed by atoms with E-state index in [-0.39, 0.29) is 18.1 Å². The third-order valence-electron chi connectivity index (χ3n) is 5.77. The van der Waals surface area contributed by atoms with Crippen LogP contribution in [-0.4, -0.2) is 41.1 Å². The van der Waals surface area contributed by atoms with Crippen LogP contribution in [0.5, 0.6) is 5.75 Å². The fourth-order valence-corrected chi connectivity index (χ4v) is 4.82. The lowest BCUT2D eigenvalue weighted by atomic mass is 10.1. The fourth-order valence-electron chi connectivity index (χ4n) is 4.22. The zero-order valence-electron chi connectivity index (χ0n) is 20.6. The van der Waals surface area contributed by atoms with Gasteiger partial charge in [-0.15, -0.1) is 11.3 Å². The van der Waals surface area contributed by atoms with Crippen molar-refractivity contribution >= 4 is 23.3 Å². The highest BCUT2D eigenvalue weighted by Crippen LogP contribution is 2.21. The number of thiazole rings is 1. The topological polar surface area (TPSA) is 63.7 Å². The van der Waals surface area contributed by atoms with E-state index >= 15 is 0 Å². The summed E-state index contributed by atoms with van der Waals surface area (Å²) >= 11 is 1.61. The highest BCUT2D eigenvalue weighted by molar-refractivity contribution is 7.09. The highest BCUT2D eigenvalue weighted by atomic mass is 32.1. The van der Waals surface area contributed by atoms with Crippen molar-refractivity contribution in [1.82, 2.24) is 15.2 Å². The van der Waals surface area contributed by atoms with E-state index in [0.29, 0.717) is 13.2 Å². The normalized spacial score (nSPS) is 18.6. The Balaban J connectivity index is 1.26. The summed E-state index contributed by atoms with van der Waals surface area (Å²) in [6.07, 6.45) is 3.86. The highest BCUT2D eigenvalue weighted by Gasteiger charge is 2.21. The zero-order valence-corrected chi connectivity index (χ0v) is 21.4. The summed E-state index contributed by atoms with van der Waals surface area (Å²) in [5.74, 6) is 0.581. The lowest BCUT2D eigenvalue weighted by Crippen LogP contribution is -2.44. The molecule has 1 aromatic heterocycles. The molecule has 6 nitrogen and oxygen atoms in total. The van der Waals surface area contributed by atoms with Gasteiger partial charge in [0.15, 0.2) is 0 Å². The van der Waals surface area contributed by atoms with E-state index in [0.717, 1.165) is 47.2 Å². The first-order chi connectivity index (χ1) is 16.9. The largest absolute Gasteiger partial charge is 0.487 e. The Morgan fingerprint density at radius 3 is 2.57 bits per heavy atom. The monoisotopic (exact) mass is 491 g/mol. The molecule has 4 rings (SSSR count). The second-order valence-electron chi connectivity index (χ2n) is 9.00. The second-order valence-corrected chi connectivity index (χ2v) is 10.1. The SMILES string of the molecule is Cc1nc(COc2ccccc2/C=C/C(=O)NCc2ccc(CN3CC(C)OC(C)C3)cc2)cs1. The average Bonchev–Trinajstić information content (AvgIpc) is 3.26. The molecular weight excluding hydrogens is 458 g/mol. The molecule has 1 aliphatic heterocycles. The number of amides is 1. The van der Waals surface area contributed by atoms with E-state index in [1.165, 1.54) is 5.56 Å². The predicted molar refractivity (Wildman–Crippen MR) is 140 cm³/mol. The van der Waals surface area contributed by atoms with Crippen LogP contribution in [0.15, 0.2) is 60.0 Å². The summed E-state index contributed by atoms with van der Waals surface area (Å²) in [5, 5.41) is 5.97. The molecule has 1 fully saturated rings.